The fourth-order valence-electron chi connectivity index (χ4n) is 2.71. The van der Waals surface area contributed by atoms with Crippen molar-refractivity contribution < 1.29 is 5.11 Å². The van der Waals surface area contributed by atoms with Gasteiger partial charge in [-0.25, -0.2) is 0 Å². The highest BCUT2D eigenvalue weighted by Crippen LogP contribution is 2.29. The fraction of sp³-hybridized carbons (Fsp3) is 0.333. The van der Waals surface area contributed by atoms with E-state index in [1.54, 1.807) is 12.1 Å². The van der Waals surface area contributed by atoms with Crippen LogP contribution in [0, 0.1) is 13.8 Å². The van der Waals surface area contributed by atoms with Crippen LogP contribution in [0.3, 0.4) is 0 Å². The van der Waals surface area contributed by atoms with Gasteiger partial charge < -0.3 is 15.0 Å². The predicted molar refractivity (Wildman–Crippen MR) is 72.5 cm³/mol. The van der Waals surface area contributed by atoms with Crippen LogP contribution in [0.15, 0.2) is 30.3 Å². The Bertz CT molecular complexity index is 565. The molecule has 18 heavy (non-hydrogen) atoms. The van der Waals surface area contributed by atoms with Crippen LogP contribution in [-0.2, 0) is 0 Å². The van der Waals surface area contributed by atoms with Crippen molar-refractivity contribution in [2.24, 2.45) is 0 Å². The number of rotatable bonds is 2. The molecule has 1 fully saturated rings. The van der Waals surface area contributed by atoms with E-state index in [1.165, 1.54) is 17.0 Å². The van der Waals surface area contributed by atoms with Gasteiger partial charge in [0.15, 0.2) is 0 Å². The molecule has 2 aromatic rings. The van der Waals surface area contributed by atoms with E-state index in [4.69, 9.17) is 0 Å². The van der Waals surface area contributed by atoms with Gasteiger partial charge in [0.25, 0.3) is 0 Å². The Kier molecular flexibility index (Phi) is 2.63. The average molecular weight is 242 g/mol. The van der Waals surface area contributed by atoms with Crippen LogP contribution in [0.25, 0.3) is 5.69 Å². The lowest BCUT2D eigenvalue weighted by Gasteiger charge is -2.27. The number of aromatic nitrogens is 1. The topological polar surface area (TPSA) is 37.2 Å². The second-order valence-corrected chi connectivity index (χ2v) is 5.03. The maximum Gasteiger partial charge on any atom is 0.115 e. The van der Waals surface area contributed by atoms with Gasteiger partial charge >= 0.3 is 0 Å². The zero-order chi connectivity index (χ0) is 12.7. The number of benzene rings is 1. The zero-order valence-corrected chi connectivity index (χ0v) is 10.8. The van der Waals surface area contributed by atoms with Gasteiger partial charge in [-0.1, -0.05) is 0 Å². The van der Waals surface area contributed by atoms with Crippen molar-refractivity contribution in [3.05, 3.63) is 47.3 Å². The van der Waals surface area contributed by atoms with Crippen LogP contribution in [0.2, 0.25) is 0 Å². The Morgan fingerprint density at radius 3 is 2.39 bits per heavy atom. The molecule has 0 bridgehead atoms. The molecule has 3 rings (SSSR count). The van der Waals surface area contributed by atoms with Crippen LogP contribution in [-0.4, -0.2) is 22.8 Å². The number of aromatic hydroxyl groups is 1. The Morgan fingerprint density at radius 2 is 1.83 bits per heavy atom. The van der Waals surface area contributed by atoms with E-state index in [-0.39, 0.29) is 0 Å². The first kappa shape index (κ1) is 11.4. The van der Waals surface area contributed by atoms with Gasteiger partial charge in [0.1, 0.15) is 5.75 Å². The van der Waals surface area contributed by atoms with Crippen LogP contribution >= 0.6 is 0 Å². The summed E-state index contributed by atoms with van der Waals surface area (Å²) in [6, 6.07) is 9.67. The Hall–Kier alpha value is -1.74. The van der Waals surface area contributed by atoms with E-state index in [9.17, 15) is 5.11 Å². The molecule has 0 amide bonds. The molecule has 1 aliphatic rings. The average Bonchev–Trinajstić information content (AvgIpc) is 2.55. The SMILES string of the molecule is Cc1cc(C2CNC2)c(C)n1-c1ccc(O)cc1. The quantitative estimate of drug-likeness (QED) is 0.849. The fourth-order valence-corrected chi connectivity index (χ4v) is 2.71. The number of nitrogens with zero attached hydrogens (tertiary/aromatic N) is 1. The molecule has 2 N–H and O–H groups in total. The molecule has 0 unspecified atom stereocenters. The minimum Gasteiger partial charge on any atom is -0.508 e. The highest BCUT2D eigenvalue weighted by molar-refractivity contribution is 5.44. The molecular formula is C15H18N2O. The molecule has 0 atom stereocenters. The van der Waals surface area contributed by atoms with Crippen LogP contribution in [0.1, 0.15) is 22.9 Å². The maximum absolute atomic E-state index is 9.37. The first-order valence-corrected chi connectivity index (χ1v) is 6.36. The molecule has 94 valence electrons. The minimum absolute atomic E-state index is 0.310. The third-order valence-electron chi connectivity index (χ3n) is 3.80. The van der Waals surface area contributed by atoms with Gasteiger partial charge in [0.05, 0.1) is 0 Å². The number of hydrogen-bond acceptors (Lipinski definition) is 2. The lowest BCUT2D eigenvalue weighted by atomic mass is 9.94. The normalized spacial score (nSPS) is 15.7. The van der Waals surface area contributed by atoms with E-state index in [1.807, 2.05) is 12.1 Å². The number of phenols is 1. The highest BCUT2D eigenvalue weighted by atomic mass is 16.3. The van der Waals surface area contributed by atoms with Gasteiger partial charge in [-0.05, 0) is 49.7 Å². The van der Waals surface area contributed by atoms with Gasteiger partial charge in [-0.3, -0.25) is 0 Å². The molecule has 2 heterocycles. The number of nitrogens with one attached hydrogen (secondary N) is 1. The second kappa shape index (κ2) is 4.18. The van der Waals surface area contributed by atoms with Gasteiger partial charge in [-0.2, -0.15) is 0 Å². The molecule has 0 spiro atoms. The third kappa shape index (κ3) is 1.71. The first-order valence-electron chi connectivity index (χ1n) is 6.36. The third-order valence-corrected chi connectivity index (χ3v) is 3.80. The van der Waals surface area contributed by atoms with E-state index in [0.29, 0.717) is 11.7 Å². The van der Waals surface area contributed by atoms with Crippen molar-refractivity contribution >= 4 is 0 Å². The number of hydrogen-bond donors (Lipinski definition) is 2. The van der Waals surface area contributed by atoms with E-state index in [0.717, 1.165) is 18.8 Å². The minimum atomic E-state index is 0.310. The molecule has 1 aliphatic heterocycles. The number of phenolic OH excluding ortho intramolecular Hbond substituents is 1. The second-order valence-electron chi connectivity index (χ2n) is 5.03. The van der Waals surface area contributed by atoms with Crippen LogP contribution < -0.4 is 5.32 Å². The van der Waals surface area contributed by atoms with Gasteiger partial charge in [-0.15, -0.1) is 0 Å². The summed E-state index contributed by atoms with van der Waals surface area (Å²) in [5.74, 6) is 0.965. The summed E-state index contributed by atoms with van der Waals surface area (Å²) in [7, 11) is 0. The van der Waals surface area contributed by atoms with Crippen molar-refractivity contribution in [1.82, 2.24) is 9.88 Å². The van der Waals surface area contributed by atoms with Crippen molar-refractivity contribution in [3.63, 3.8) is 0 Å². The summed E-state index contributed by atoms with van der Waals surface area (Å²) in [6.07, 6.45) is 0. The van der Waals surface area contributed by atoms with Gasteiger partial charge in [0, 0.05) is 36.1 Å². The molecule has 1 aromatic heterocycles. The molecule has 0 radical (unpaired) electrons. The van der Waals surface area contributed by atoms with E-state index >= 15 is 0 Å². The smallest absolute Gasteiger partial charge is 0.115 e. The van der Waals surface area contributed by atoms with E-state index in [2.05, 4.69) is 29.8 Å². The molecule has 0 aliphatic carbocycles. The predicted octanol–water partition coefficient (Wildman–Crippen LogP) is 2.49. The molecule has 1 aromatic carbocycles. The molecule has 3 nitrogen and oxygen atoms in total. The molecular weight excluding hydrogens is 224 g/mol. The Balaban J connectivity index is 2.06. The Labute approximate surface area is 107 Å². The summed E-state index contributed by atoms with van der Waals surface area (Å²) >= 11 is 0. The summed E-state index contributed by atoms with van der Waals surface area (Å²) in [5, 5.41) is 12.7. The lowest BCUT2D eigenvalue weighted by molar-refractivity contribution is 0.446. The lowest BCUT2D eigenvalue weighted by Crippen LogP contribution is -2.40. The summed E-state index contributed by atoms with van der Waals surface area (Å²) in [4.78, 5) is 0. The maximum atomic E-state index is 9.37. The van der Waals surface area contributed by atoms with E-state index < -0.39 is 0 Å². The van der Waals surface area contributed by atoms with Gasteiger partial charge in [0.2, 0.25) is 0 Å². The zero-order valence-electron chi connectivity index (χ0n) is 10.8. The highest BCUT2D eigenvalue weighted by Gasteiger charge is 2.23. The number of aryl methyl sites for hydroxylation is 1. The van der Waals surface area contributed by atoms with Crippen molar-refractivity contribution in [3.8, 4) is 11.4 Å². The van der Waals surface area contributed by atoms with Crippen molar-refractivity contribution in [2.75, 3.05) is 13.1 Å². The molecule has 0 saturated carbocycles. The summed E-state index contributed by atoms with van der Waals surface area (Å²) < 4.78 is 2.26. The van der Waals surface area contributed by atoms with Crippen molar-refractivity contribution in [1.29, 1.82) is 0 Å². The first-order chi connectivity index (χ1) is 8.66. The monoisotopic (exact) mass is 242 g/mol. The summed E-state index contributed by atoms with van der Waals surface area (Å²) in [6.45, 7) is 6.47. The Morgan fingerprint density at radius 1 is 1.17 bits per heavy atom. The molecule has 1 saturated heterocycles. The largest absolute Gasteiger partial charge is 0.508 e. The van der Waals surface area contributed by atoms with Crippen LogP contribution in [0.5, 0.6) is 5.75 Å². The molecule has 3 heteroatoms. The standard InChI is InChI=1S/C15H18N2O/c1-10-7-15(12-8-16-9-12)11(2)17(10)13-3-5-14(18)6-4-13/h3-7,12,16,18H,8-9H2,1-2H3. The van der Waals surface area contributed by atoms with Crippen molar-refractivity contribution in [2.45, 2.75) is 19.8 Å². The summed E-state index contributed by atoms with van der Waals surface area (Å²) in [5.41, 5.74) is 5.12. The van der Waals surface area contributed by atoms with Crippen LogP contribution in [0.4, 0.5) is 0 Å².